The molecule has 0 atom stereocenters. The van der Waals surface area contributed by atoms with Gasteiger partial charge in [0.1, 0.15) is 11.5 Å². The molecule has 0 saturated carbocycles. The molecule has 4 heteroatoms. The molecule has 2 aromatic rings. The maximum atomic E-state index is 6.14. The van der Waals surface area contributed by atoms with Crippen LogP contribution < -0.4 is 10.5 Å². The van der Waals surface area contributed by atoms with Crippen LogP contribution in [-0.4, -0.2) is 6.54 Å². The van der Waals surface area contributed by atoms with E-state index in [0.29, 0.717) is 17.3 Å². The molecule has 19 heavy (non-hydrogen) atoms. The largest absolute Gasteiger partial charge is 0.456 e. The minimum absolute atomic E-state index is 0.583. The molecule has 0 bridgehead atoms. The summed E-state index contributed by atoms with van der Waals surface area (Å²) < 4.78 is 6.77. The van der Waals surface area contributed by atoms with E-state index >= 15 is 0 Å². The number of rotatable bonds is 4. The molecule has 2 nitrogen and oxygen atoms in total. The normalized spacial score (nSPS) is 10.5. The van der Waals surface area contributed by atoms with E-state index in [9.17, 15) is 0 Å². The lowest BCUT2D eigenvalue weighted by atomic mass is 10.1. The van der Waals surface area contributed by atoms with Gasteiger partial charge in [-0.3, -0.25) is 0 Å². The summed E-state index contributed by atoms with van der Waals surface area (Å²) in [5, 5.41) is 0.583. The first-order valence-corrected chi connectivity index (χ1v) is 7.20. The molecule has 0 amide bonds. The van der Waals surface area contributed by atoms with Gasteiger partial charge in [0.2, 0.25) is 0 Å². The van der Waals surface area contributed by atoms with Gasteiger partial charge in [-0.15, -0.1) is 0 Å². The maximum absolute atomic E-state index is 6.14. The van der Waals surface area contributed by atoms with E-state index in [2.05, 4.69) is 22.0 Å². The van der Waals surface area contributed by atoms with Gasteiger partial charge >= 0.3 is 0 Å². The van der Waals surface area contributed by atoms with Gasteiger partial charge in [0.15, 0.2) is 0 Å². The number of benzene rings is 2. The summed E-state index contributed by atoms with van der Waals surface area (Å²) in [6.07, 6.45) is 0.875. The lowest BCUT2D eigenvalue weighted by Crippen LogP contribution is -2.02. The molecule has 0 saturated heterocycles. The van der Waals surface area contributed by atoms with Crippen molar-refractivity contribution >= 4 is 27.5 Å². The van der Waals surface area contributed by atoms with Crippen molar-refractivity contribution in [3.8, 4) is 11.5 Å². The smallest absolute Gasteiger partial charge is 0.146 e. The lowest BCUT2D eigenvalue weighted by molar-refractivity contribution is 0.479. The number of halogens is 2. The third kappa shape index (κ3) is 3.72. The van der Waals surface area contributed by atoms with E-state index in [1.165, 1.54) is 5.56 Å². The van der Waals surface area contributed by atoms with Crippen LogP contribution in [0.1, 0.15) is 11.1 Å². The molecule has 0 radical (unpaired) electrons. The summed E-state index contributed by atoms with van der Waals surface area (Å²) in [6.45, 7) is 2.67. The number of hydrogen-bond donors (Lipinski definition) is 1. The second-order valence-electron chi connectivity index (χ2n) is 4.32. The number of nitrogens with two attached hydrogens (primary N) is 1. The molecule has 0 fully saturated rings. The van der Waals surface area contributed by atoms with Gasteiger partial charge in [-0.25, -0.2) is 0 Å². The van der Waals surface area contributed by atoms with Crippen LogP contribution in [0, 0.1) is 6.92 Å². The van der Waals surface area contributed by atoms with Crippen LogP contribution in [-0.2, 0) is 6.42 Å². The van der Waals surface area contributed by atoms with Crippen molar-refractivity contribution in [2.75, 3.05) is 6.54 Å². The topological polar surface area (TPSA) is 35.2 Å². The van der Waals surface area contributed by atoms with E-state index in [-0.39, 0.29) is 0 Å². The first-order chi connectivity index (χ1) is 9.10. The fourth-order valence-electron chi connectivity index (χ4n) is 1.82. The van der Waals surface area contributed by atoms with Gasteiger partial charge in [0, 0.05) is 4.47 Å². The summed E-state index contributed by atoms with van der Waals surface area (Å²) in [7, 11) is 0. The van der Waals surface area contributed by atoms with Crippen molar-refractivity contribution in [1.29, 1.82) is 0 Å². The van der Waals surface area contributed by atoms with Crippen molar-refractivity contribution in [2.45, 2.75) is 13.3 Å². The summed E-state index contributed by atoms with van der Waals surface area (Å²) >= 11 is 9.51. The quantitative estimate of drug-likeness (QED) is 0.875. The minimum Gasteiger partial charge on any atom is -0.456 e. The molecule has 0 aromatic heterocycles. The highest BCUT2D eigenvalue weighted by molar-refractivity contribution is 9.10. The third-order valence-electron chi connectivity index (χ3n) is 2.79. The monoisotopic (exact) mass is 339 g/mol. The molecule has 0 aliphatic rings. The summed E-state index contributed by atoms with van der Waals surface area (Å²) in [4.78, 5) is 0. The van der Waals surface area contributed by atoms with E-state index in [1.54, 1.807) is 0 Å². The van der Waals surface area contributed by atoms with Crippen molar-refractivity contribution < 1.29 is 4.74 Å². The predicted octanol–water partition coefficient (Wildman–Crippen LogP) is 4.70. The molecule has 0 spiro atoms. The summed E-state index contributed by atoms with van der Waals surface area (Å²) in [5.74, 6) is 1.46. The first-order valence-electron chi connectivity index (χ1n) is 6.02. The zero-order chi connectivity index (χ0) is 13.8. The first kappa shape index (κ1) is 14.4. The number of aryl methyl sites for hydroxylation is 1. The molecule has 2 aromatic carbocycles. The van der Waals surface area contributed by atoms with Gasteiger partial charge in [-0.1, -0.05) is 39.7 Å². The van der Waals surface area contributed by atoms with Gasteiger partial charge in [0.25, 0.3) is 0 Å². The van der Waals surface area contributed by atoms with Gasteiger partial charge in [0.05, 0.1) is 5.02 Å². The zero-order valence-corrected chi connectivity index (χ0v) is 13.0. The molecule has 0 aliphatic carbocycles. The lowest BCUT2D eigenvalue weighted by Gasteiger charge is -2.11. The van der Waals surface area contributed by atoms with E-state index in [4.69, 9.17) is 22.1 Å². The van der Waals surface area contributed by atoms with E-state index in [1.807, 2.05) is 37.3 Å². The molecule has 0 heterocycles. The standard InChI is InChI=1S/C15H15BrClNO/c1-10-8-11(6-7-18)2-4-14(10)19-15-5-3-12(16)9-13(15)17/h2-5,8-9H,6-7,18H2,1H3. The minimum atomic E-state index is 0.583. The predicted molar refractivity (Wildman–Crippen MR) is 83.2 cm³/mol. The second-order valence-corrected chi connectivity index (χ2v) is 5.64. The average molecular weight is 341 g/mol. The van der Waals surface area contributed by atoms with Crippen LogP contribution in [0.4, 0.5) is 0 Å². The SMILES string of the molecule is Cc1cc(CCN)ccc1Oc1ccc(Br)cc1Cl. The van der Waals surface area contributed by atoms with E-state index < -0.39 is 0 Å². The van der Waals surface area contributed by atoms with Crippen molar-refractivity contribution in [2.24, 2.45) is 5.73 Å². The fourth-order valence-corrected chi connectivity index (χ4v) is 2.54. The molecule has 2 rings (SSSR count). The van der Waals surface area contributed by atoms with Crippen molar-refractivity contribution in [3.63, 3.8) is 0 Å². The molecular weight excluding hydrogens is 326 g/mol. The fraction of sp³-hybridized carbons (Fsp3) is 0.200. The third-order valence-corrected chi connectivity index (χ3v) is 3.57. The maximum Gasteiger partial charge on any atom is 0.146 e. The summed E-state index contributed by atoms with van der Waals surface area (Å²) in [5.41, 5.74) is 7.84. The Morgan fingerprint density at radius 3 is 2.53 bits per heavy atom. The second kappa shape index (κ2) is 6.42. The summed E-state index contributed by atoms with van der Waals surface area (Å²) in [6, 6.07) is 11.6. The molecule has 0 aliphatic heterocycles. The highest BCUT2D eigenvalue weighted by Crippen LogP contribution is 2.33. The van der Waals surface area contributed by atoms with E-state index in [0.717, 1.165) is 22.2 Å². The average Bonchev–Trinajstić information content (AvgIpc) is 2.36. The Bertz CT molecular complexity index is 586. The van der Waals surface area contributed by atoms with Crippen LogP contribution in [0.15, 0.2) is 40.9 Å². The van der Waals surface area contributed by atoms with Gasteiger partial charge in [-0.2, -0.15) is 0 Å². The van der Waals surface area contributed by atoms with Gasteiger partial charge < -0.3 is 10.5 Å². The van der Waals surface area contributed by atoms with Crippen molar-refractivity contribution in [3.05, 3.63) is 57.0 Å². The Morgan fingerprint density at radius 1 is 1.16 bits per heavy atom. The number of ether oxygens (including phenoxy) is 1. The Morgan fingerprint density at radius 2 is 1.89 bits per heavy atom. The Hall–Kier alpha value is -1.03. The van der Waals surface area contributed by atoms with Crippen LogP contribution in [0.5, 0.6) is 11.5 Å². The molecule has 0 unspecified atom stereocenters. The highest BCUT2D eigenvalue weighted by atomic mass is 79.9. The van der Waals surface area contributed by atoms with Crippen LogP contribution in [0.3, 0.4) is 0 Å². The van der Waals surface area contributed by atoms with Crippen LogP contribution in [0.25, 0.3) is 0 Å². The molecular formula is C15H15BrClNO. The Kier molecular flexibility index (Phi) is 4.86. The molecule has 100 valence electrons. The van der Waals surface area contributed by atoms with Gasteiger partial charge in [-0.05, 0) is 55.3 Å². The van der Waals surface area contributed by atoms with Crippen LogP contribution in [0.2, 0.25) is 5.02 Å². The Labute approximate surface area is 126 Å². The molecule has 2 N–H and O–H groups in total. The zero-order valence-electron chi connectivity index (χ0n) is 10.6. The Balaban J connectivity index is 2.23. The van der Waals surface area contributed by atoms with Crippen LogP contribution >= 0.6 is 27.5 Å². The number of hydrogen-bond acceptors (Lipinski definition) is 2. The highest BCUT2D eigenvalue weighted by Gasteiger charge is 2.06. The van der Waals surface area contributed by atoms with Crippen molar-refractivity contribution in [1.82, 2.24) is 0 Å².